The molecule has 0 saturated carbocycles. The van der Waals surface area contributed by atoms with Crippen LogP contribution in [0.4, 0.5) is 0 Å². The Bertz CT molecular complexity index is 442. The van der Waals surface area contributed by atoms with E-state index in [0.29, 0.717) is 25.4 Å². The van der Waals surface area contributed by atoms with Gasteiger partial charge in [-0.1, -0.05) is 6.92 Å². The van der Waals surface area contributed by atoms with E-state index in [1.165, 1.54) is 0 Å². The largest absolute Gasteiger partial charge is 0.373 e. The first-order valence-corrected chi connectivity index (χ1v) is 6.74. The number of likely N-dealkylation sites (N-methyl/N-ethyl adjacent to an activating group) is 1. The van der Waals surface area contributed by atoms with Gasteiger partial charge in [-0.05, 0) is 19.5 Å². The second kappa shape index (κ2) is 6.16. The van der Waals surface area contributed by atoms with Gasteiger partial charge in [0.2, 0.25) is 0 Å². The fourth-order valence-electron chi connectivity index (χ4n) is 2.32. The maximum atomic E-state index is 12.5. The van der Waals surface area contributed by atoms with Gasteiger partial charge < -0.3 is 15.0 Å². The van der Waals surface area contributed by atoms with E-state index < -0.39 is 0 Å². The predicted molar refractivity (Wildman–Crippen MR) is 72.2 cm³/mol. The molecule has 1 amide bonds. The summed E-state index contributed by atoms with van der Waals surface area (Å²) in [6.07, 6.45) is 0.911. The van der Waals surface area contributed by atoms with Crippen LogP contribution in [0.15, 0.2) is 6.07 Å². The van der Waals surface area contributed by atoms with Gasteiger partial charge in [0.05, 0.1) is 18.4 Å². The number of aryl methyl sites for hydroxylation is 2. The Morgan fingerprint density at radius 1 is 1.63 bits per heavy atom. The van der Waals surface area contributed by atoms with Crippen molar-refractivity contribution in [1.82, 2.24) is 20.0 Å². The monoisotopic (exact) mass is 266 g/mol. The Labute approximate surface area is 113 Å². The zero-order chi connectivity index (χ0) is 13.8. The fourth-order valence-corrected chi connectivity index (χ4v) is 2.32. The molecular weight excluding hydrogens is 244 g/mol. The molecule has 0 aromatic carbocycles. The van der Waals surface area contributed by atoms with Crippen LogP contribution < -0.4 is 5.32 Å². The van der Waals surface area contributed by atoms with Gasteiger partial charge >= 0.3 is 0 Å². The third-order valence-electron chi connectivity index (χ3n) is 3.37. The number of carbonyl (C=O) groups is 1. The van der Waals surface area contributed by atoms with Crippen molar-refractivity contribution in [2.45, 2.75) is 19.4 Å². The first kappa shape index (κ1) is 14.0. The molecule has 1 aromatic heterocycles. The van der Waals surface area contributed by atoms with E-state index in [4.69, 9.17) is 4.74 Å². The molecule has 1 aliphatic heterocycles. The number of nitrogens with one attached hydrogen (secondary N) is 1. The Morgan fingerprint density at radius 2 is 2.42 bits per heavy atom. The van der Waals surface area contributed by atoms with Gasteiger partial charge in [0.1, 0.15) is 5.69 Å². The van der Waals surface area contributed by atoms with Crippen LogP contribution in [0.5, 0.6) is 0 Å². The Hall–Kier alpha value is -1.40. The lowest BCUT2D eigenvalue weighted by atomic mass is 10.2. The van der Waals surface area contributed by atoms with Gasteiger partial charge in [-0.3, -0.25) is 9.48 Å². The summed E-state index contributed by atoms with van der Waals surface area (Å²) in [6.45, 7) is 4.66. The number of nitrogens with zero attached hydrogens (tertiary/aromatic N) is 3. The van der Waals surface area contributed by atoms with Crippen LogP contribution in [-0.2, 0) is 18.2 Å². The Kier molecular flexibility index (Phi) is 4.55. The lowest BCUT2D eigenvalue weighted by Crippen LogP contribution is -2.48. The highest BCUT2D eigenvalue weighted by atomic mass is 16.5. The van der Waals surface area contributed by atoms with Gasteiger partial charge in [0, 0.05) is 26.7 Å². The summed E-state index contributed by atoms with van der Waals surface area (Å²) in [5.41, 5.74) is 1.60. The molecule has 1 fully saturated rings. The molecule has 1 aromatic rings. The van der Waals surface area contributed by atoms with Crippen molar-refractivity contribution < 1.29 is 9.53 Å². The first-order valence-electron chi connectivity index (χ1n) is 6.74. The van der Waals surface area contributed by atoms with Crippen molar-refractivity contribution in [3.05, 3.63) is 17.5 Å². The first-order chi connectivity index (χ1) is 9.15. The number of aromatic nitrogens is 2. The lowest BCUT2D eigenvalue weighted by molar-refractivity contribution is -0.0199. The number of amides is 1. The highest BCUT2D eigenvalue weighted by molar-refractivity contribution is 5.92. The molecule has 6 heteroatoms. The van der Waals surface area contributed by atoms with E-state index in [1.54, 1.807) is 4.68 Å². The summed E-state index contributed by atoms with van der Waals surface area (Å²) < 4.78 is 7.28. The third kappa shape index (κ3) is 3.13. The van der Waals surface area contributed by atoms with Crippen LogP contribution in [0.25, 0.3) is 0 Å². The average Bonchev–Trinajstić information content (AvgIpc) is 2.80. The van der Waals surface area contributed by atoms with Crippen molar-refractivity contribution in [1.29, 1.82) is 0 Å². The molecule has 2 heterocycles. The van der Waals surface area contributed by atoms with Crippen molar-refractivity contribution >= 4 is 5.91 Å². The summed E-state index contributed by atoms with van der Waals surface area (Å²) in [5, 5.41) is 7.41. The molecular formula is C13H22N4O2. The summed E-state index contributed by atoms with van der Waals surface area (Å²) in [4.78, 5) is 14.3. The van der Waals surface area contributed by atoms with Crippen molar-refractivity contribution in [3.8, 4) is 0 Å². The molecule has 106 valence electrons. The number of hydrogen-bond acceptors (Lipinski definition) is 4. The second-order valence-electron chi connectivity index (χ2n) is 4.80. The third-order valence-corrected chi connectivity index (χ3v) is 3.37. The van der Waals surface area contributed by atoms with Gasteiger partial charge in [-0.25, -0.2) is 0 Å². The van der Waals surface area contributed by atoms with E-state index in [0.717, 1.165) is 18.7 Å². The summed E-state index contributed by atoms with van der Waals surface area (Å²) in [6, 6.07) is 1.88. The van der Waals surface area contributed by atoms with Crippen LogP contribution in [0.1, 0.15) is 23.1 Å². The second-order valence-corrected chi connectivity index (χ2v) is 4.80. The van der Waals surface area contributed by atoms with E-state index in [-0.39, 0.29) is 12.0 Å². The molecule has 0 radical (unpaired) electrons. The molecule has 0 bridgehead atoms. The van der Waals surface area contributed by atoms with E-state index >= 15 is 0 Å². The van der Waals surface area contributed by atoms with Gasteiger partial charge in [0.15, 0.2) is 0 Å². The molecule has 0 spiro atoms. The fraction of sp³-hybridized carbons (Fsp3) is 0.692. The van der Waals surface area contributed by atoms with Crippen molar-refractivity contribution in [3.63, 3.8) is 0 Å². The minimum atomic E-state index is 0.0408. The van der Waals surface area contributed by atoms with Crippen LogP contribution in [-0.4, -0.2) is 60.0 Å². The van der Waals surface area contributed by atoms with E-state index in [9.17, 15) is 4.79 Å². The molecule has 6 nitrogen and oxygen atoms in total. The van der Waals surface area contributed by atoms with E-state index in [2.05, 4.69) is 10.4 Å². The van der Waals surface area contributed by atoms with Gasteiger partial charge in [-0.15, -0.1) is 0 Å². The number of carbonyl (C=O) groups excluding carboxylic acids is 1. The van der Waals surface area contributed by atoms with Crippen LogP contribution >= 0.6 is 0 Å². The van der Waals surface area contributed by atoms with Crippen molar-refractivity contribution in [2.75, 3.05) is 33.3 Å². The zero-order valence-corrected chi connectivity index (χ0v) is 11.8. The van der Waals surface area contributed by atoms with E-state index in [1.807, 2.05) is 32.0 Å². The molecule has 1 unspecified atom stereocenters. The van der Waals surface area contributed by atoms with Crippen LogP contribution in [0, 0.1) is 0 Å². The smallest absolute Gasteiger partial charge is 0.272 e. The molecule has 19 heavy (non-hydrogen) atoms. The predicted octanol–water partition coefficient (Wildman–Crippen LogP) is 0.0429. The van der Waals surface area contributed by atoms with Crippen LogP contribution in [0.3, 0.4) is 0 Å². The molecule has 1 atom stereocenters. The number of hydrogen-bond donors (Lipinski definition) is 1. The maximum absolute atomic E-state index is 12.5. The molecule has 2 rings (SSSR count). The summed E-state index contributed by atoms with van der Waals surface area (Å²) in [5.74, 6) is 0.0408. The maximum Gasteiger partial charge on any atom is 0.272 e. The van der Waals surface area contributed by atoms with Gasteiger partial charge in [-0.2, -0.15) is 5.10 Å². The quantitative estimate of drug-likeness (QED) is 0.836. The highest BCUT2D eigenvalue weighted by Crippen LogP contribution is 2.11. The minimum absolute atomic E-state index is 0.0408. The molecule has 1 N–H and O–H groups in total. The Balaban J connectivity index is 2.07. The average molecular weight is 266 g/mol. The number of morpholine rings is 1. The summed E-state index contributed by atoms with van der Waals surface area (Å²) in [7, 11) is 3.71. The van der Waals surface area contributed by atoms with Gasteiger partial charge in [0.25, 0.3) is 5.91 Å². The standard InChI is InChI=1S/C13H22N4O2/c1-4-10-7-12(16(3)15-10)13(18)17-5-6-19-11(9-17)8-14-2/h7,11,14H,4-6,8-9H2,1-3H3. The lowest BCUT2D eigenvalue weighted by Gasteiger charge is -2.32. The SMILES string of the molecule is CCc1cc(C(=O)N2CCOC(CNC)C2)n(C)n1. The minimum Gasteiger partial charge on any atom is -0.373 e. The Morgan fingerprint density at radius 3 is 3.05 bits per heavy atom. The number of ether oxygens (including phenoxy) is 1. The normalized spacial score (nSPS) is 19.7. The topological polar surface area (TPSA) is 59.4 Å². The highest BCUT2D eigenvalue weighted by Gasteiger charge is 2.26. The molecule has 0 aliphatic carbocycles. The molecule has 1 saturated heterocycles. The number of rotatable bonds is 4. The summed E-state index contributed by atoms with van der Waals surface area (Å²) >= 11 is 0. The zero-order valence-electron chi connectivity index (χ0n) is 11.8. The van der Waals surface area contributed by atoms with Crippen LogP contribution in [0.2, 0.25) is 0 Å². The molecule has 1 aliphatic rings. The van der Waals surface area contributed by atoms with Crippen molar-refractivity contribution in [2.24, 2.45) is 7.05 Å².